The van der Waals surface area contributed by atoms with Gasteiger partial charge in [-0.15, -0.1) is 5.10 Å². The van der Waals surface area contributed by atoms with Crippen LogP contribution in [0.4, 0.5) is 0 Å². The second kappa shape index (κ2) is 8.14. The summed E-state index contributed by atoms with van der Waals surface area (Å²) in [6.07, 6.45) is 0. The van der Waals surface area contributed by atoms with Crippen LogP contribution in [0, 0.1) is 0 Å². The first kappa shape index (κ1) is 16.8. The van der Waals surface area contributed by atoms with Gasteiger partial charge in [-0.1, -0.05) is 0 Å². The van der Waals surface area contributed by atoms with E-state index in [2.05, 4.69) is 15.4 Å². The first-order chi connectivity index (χ1) is 11.2. The fourth-order valence-corrected chi connectivity index (χ4v) is 1.94. The first-order valence-electron chi connectivity index (χ1n) is 7.09. The van der Waals surface area contributed by atoms with E-state index in [0.717, 1.165) is 0 Å². The Balaban J connectivity index is 2.27. The van der Waals surface area contributed by atoms with Crippen LogP contribution in [0.15, 0.2) is 18.2 Å². The number of hydrogen-bond donors (Lipinski definition) is 1. The Bertz CT molecular complexity index is 656. The van der Waals surface area contributed by atoms with Crippen molar-refractivity contribution in [3.05, 3.63) is 23.9 Å². The van der Waals surface area contributed by atoms with Gasteiger partial charge in [0.1, 0.15) is 12.3 Å². The van der Waals surface area contributed by atoms with E-state index in [-0.39, 0.29) is 12.3 Å². The summed E-state index contributed by atoms with van der Waals surface area (Å²) >= 11 is 0. The SMILES string of the molecule is CCOC(=O)c1n[nH]nc1-c1ccc(OCCOC)c(OC)c1. The van der Waals surface area contributed by atoms with Gasteiger partial charge in [-0.05, 0) is 25.1 Å². The molecule has 8 heteroatoms. The van der Waals surface area contributed by atoms with Gasteiger partial charge in [0, 0.05) is 12.7 Å². The average molecular weight is 321 g/mol. The van der Waals surface area contributed by atoms with Gasteiger partial charge >= 0.3 is 5.97 Å². The average Bonchev–Trinajstić information content (AvgIpc) is 3.05. The molecule has 124 valence electrons. The van der Waals surface area contributed by atoms with E-state index in [4.69, 9.17) is 18.9 Å². The molecule has 1 aromatic heterocycles. The number of H-pyrrole nitrogens is 1. The first-order valence-corrected chi connectivity index (χ1v) is 7.09. The zero-order valence-electron chi connectivity index (χ0n) is 13.3. The van der Waals surface area contributed by atoms with Gasteiger partial charge in [0.15, 0.2) is 17.2 Å². The third-order valence-electron chi connectivity index (χ3n) is 3.00. The number of nitrogens with zero attached hydrogens (tertiary/aromatic N) is 2. The van der Waals surface area contributed by atoms with Gasteiger partial charge in [0.2, 0.25) is 0 Å². The van der Waals surface area contributed by atoms with E-state index < -0.39 is 5.97 Å². The van der Waals surface area contributed by atoms with Gasteiger partial charge in [-0.2, -0.15) is 10.3 Å². The van der Waals surface area contributed by atoms with Gasteiger partial charge in [0.05, 0.1) is 20.3 Å². The zero-order valence-corrected chi connectivity index (χ0v) is 13.3. The van der Waals surface area contributed by atoms with Gasteiger partial charge in [-0.25, -0.2) is 4.79 Å². The maximum Gasteiger partial charge on any atom is 0.361 e. The Hall–Kier alpha value is -2.61. The Morgan fingerprint density at radius 3 is 2.70 bits per heavy atom. The molecule has 0 bridgehead atoms. The molecule has 1 heterocycles. The van der Waals surface area contributed by atoms with Crippen molar-refractivity contribution in [1.29, 1.82) is 0 Å². The highest BCUT2D eigenvalue weighted by Gasteiger charge is 2.20. The summed E-state index contributed by atoms with van der Waals surface area (Å²) in [4.78, 5) is 11.9. The number of rotatable bonds is 8. The molecule has 23 heavy (non-hydrogen) atoms. The van der Waals surface area contributed by atoms with Crippen LogP contribution < -0.4 is 9.47 Å². The number of carbonyl (C=O) groups excluding carboxylic acids is 1. The van der Waals surface area contributed by atoms with E-state index in [0.29, 0.717) is 36.0 Å². The molecule has 0 unspecified atom stereocenters. The summed E-state index contributed by atoms with van der Waals surface area (Å²) in [7, 11) is 3.14. The maximum absolute atomic E-state index is 11.9. The highest BCUT2D eigenvalue weighted by Crippen LogP contribution is 2.32. The molecule has 8 nitrogen and oxygen atoms in total. The molecule has 0 saturated heterocycles. The van der Waals surface area contributed by atoms with E-state index in [1.807, 2.05) is 0 Å². The zero-order chi connectivity index (χ0) is 16.7. The molecule has 2 rings (SSSR count). The van der Waals surface area contributed by atoms with Crippen molar-refractivity contribution in [2.45, 2.75) is 6.92 Å². The second-order valence-electron chi connectivity index (χ2n) is 4.45. The number of esters is 1. The smallest absolute Gasteiger partial charge is 0.361 e. The molecule has 0 amide bonds. The molecule has 0 aliphatic heterocycles. The number of benzene rings is 1. The molecule has 1 N–H and O–H groups in total. The molecule has 1 aromatic carbocycles. The van der Waals surface area contributed by atoms with Gasteiger partial charge in [-0.3, -0.25) is 0 Å². The third-order valence-corrected chi connectivity index (χ3v) is 3.00. The van der Waals surface area contributed by atoms with Crippen LogP contribution in [0.1, 0.15) is 17.4 Å². The summed E-state index contributed by atoms with van der Waals surface area (Å²) in [5.74, 6) is 0.571. The number of carbonyl (C=O) groups is 1. The highest BCUT2D eigenvalue weighted by atomic mass is 16.5. The van der Waals surface area contributed by atoms with Crippen molar-refractivity contribution in [3.63, 3.8) is 0 Å². The second-order valence-corrected chi connectivity index (χ2v) is 4.45. The van der Waals surface area contributed by atoms with Gasteiger partial charge < -0.3 is 18.9 Å². The third kappa shape index (κ3) is 3.98. The predicted octanol–water partition coefficient (Wildman–Crippen LogP) is 1.68. The van der Waals surface area contributed by atoms with Crippen molar-refractivity contribution in [2.75, 3.05) is 34.0 Å². The van der Waals surface area contributed by atoms with E-state index in [1.165, 1.54) is 7.11 Å². The molecule has 0 radical (unpaired) electrons. The van der Waals surface area contributed by atoms with Crippen molar-refractivity contribution in [1.82, 2.24) is 15.4 Å². The lowest BCUT2D eigenvalue weighted by atomic mass is 10.1. The molecule has 0 saturated carbocycles. The Morgan fingerprint density at radius 1 is 1.17 bits per heavy atom. The minimum absolute atomic E-state index is 0.127. The van der Waals surface area contributed by atoms with Gasteiger partial charge in [0.25, 0.3) is 0 Å². The van der Waals surface area contributed by atoms with E-state index in [9.17, 15) is 4.79 Å². The highest BCUT2D eigenvalue weighted by molar-refractivity contribution is 5.94. The molecule has 0 aliphatic rings. The van der Waals surface area contributed by atoms with Crippen molar-refractivity contribution in [2.24, 2.45) is 0 Å². The summed E-state index contributed by atoms with van der Waals surface area (Å²) in [5, 5.41) is 10.3. The number of aromatic amines is 1. The predicted molar refractivity (Wildman–Crippen MR) is 81.7 cm³/mol. The quantitative estimate of drug-likeness (QED) is 0.583. The van der Waals surface area contributed by atoms with Crippen LogP contribution in [0.5, 0.6) is 11.5 Å². The van der Waals surface area contributed by atoms with Crippen molar-refractivity contribution < 1.29 is 23.7 Å². The van der Waals surface area contributed by atoms with Crippen molar-refractivity contribution >= 4 is 5.97 Å². The van der Waals surface area contributed by atoms with Crippen LogP contribution in [0.2, 0.25) is 0 Å². The minimum atomic E-state index is -0.532. The van der Waals surface area contributed by atoms with E-state index in [1.54, 1.807) is 32.2 Å². The molecular formula is C15H19N3O5. The maximum atomic E-state index is 11.9. The van der Waals surface area contributed by atoms with Crippen molar-refractivity contribution in [3.8, 4) is 22.8 Å². The molecular weight excluding hydrogens is 302 g/mol. The van der Waals surface area contributed by atoms with Crippen LogP contribution >= 0.6 is 0 Å². The summed E-state index contributed by atoms with van der Waals surface area (Å²) in [5.41, 5.74) is 1.19. The number of nitrogens with one attached hydrogen (secondary N) is 1. The van der Waals surface area contributed by atoms with Crippen LogP contribution in [0.3, 0.4) is 0 Å². The van der Waals surface area contributed by atoms with Crippen LogP contribution in [0.25, 0.3) is 11.3 Å². The topological polar surface area (TPSA) is 95.6 Å². The number of hydrogen-bond acceptors (Lipinski definition) is 7. The summed E-state index contributed by atoms with van der Waals surface area (Å²) in [6, 6.07) is 5.24. The molecule has 0 fully saturated rings. The Labute approximate surface area is 133 Å². The Kier molecular flexibility index (Phi) is 5.93. The fraction of sp³-hybridized carbons (Fsp3) is 0.400. The van der Waals surface area contributed by atoms with Crippen LogP contribution in [-0.4, -0.2) is 55.4 Å². The largest absolute Gasteiger partial charge is 0.493 e. The number of ether oxygens (including phenoxy) is 4. The fourth-order valence-electron chi connectivity index (χ4n) is 1.94. The minimum Gasteiger partial charge on any atom is -0.493 e. The molecule has 0 atom stereocenters. The summed E-state index contributed by atoms with van der Waals surface area (Å²) < 4.78 is 20.8. The number of methoxy groups -OCH3 is 2. The van der Waals surface area contributed by atoms with Crippen LogP contribution in [-0.2, 0) is 9.47 Å². The Morgan fingerprint density at radius 2 is 2.00 bits per heavy atom. The lowest BCUT2D eigenvalue weighted by Gasteiger charge is -2.11. The summed E-state index contributed by atoms with van der Waals surface area (Å²) in [6.45, 7) is 2.87. The lowest BCUT2D eigenvalue weighted by Crippen LogP contribution is -2.07. The molecule has 0 spiro atoms. The molecule has 2 aromatic rings. The monoisotopic (exact) mass is 321 g/mol. The standard InChI is InChI=1S/C15H19N3O5/c1-4-22-15(19)14-13(16-18-17-14)10-5-6-11(12(9-10)21-3)23-8-7-20-2/h5-6,9H,4,7-8H2,1-3H3,(H,16,17,18). The number of aromatic nitrogens is 3. The van der Waals surface area contributed by atoms with E-state index >= 15 is 0 Å². The lowest BCUT2D eigenvalue weighted by molar-refractivity contribution is 0.0520. The molecule has 0 aliphatic carbocycles. The normalized spacial score (nSPS) is 10.4.